The average molecular weight is 1190 g/mol. The van der Waals surface area contributed by atoms with E-state index in [-0.39, 0.29) is 79.2 Å². The van der Waals surface area contributed by atoms with Gasteiger partial charge in [0, 0.05) is 61.7 Å². The predicted octanol–water partition coefficient (Wildman–Crippen LogP) is -1.84. The lowest BCUT2D eigenvalue weighted by Crippen LogP contribution is -2.58. The van der Waals surface area contributed by atoms with Gasteiger partial charge < -0.3 is 86.4 Å². The van der Waals surface area contributed by atoms with Crippen molar-refractivity contribution in [2.24, 2.45) is 34.8 Å². The van der Waals surface area contributed by atoms with Crippen molar-refractivity contribution < 1.29 is 43.8 Å². The second-order valence-electron chi connectivity index (χ2n) is 19.9. The van der Waals surface area contributed by atoms with Crippen LogP contribution in [0.2, 0.25) is 4.34 Å². The zero-order valence-electron chi connectivity index (χ0n) is 46.3. The molecule has 0 radical (unpaired) electrons. The minimum absolute atomic E-state index is 0.0386. The van der Waals surface area contributed by atoms with E-state index in [0.717, 1.165) is 51.9 Å². The van der Waals surface area contributed by atoms with E-state index >= 15 is 0 Å². The van der Waals surface area contributed by atoms with Crippen molar-refractivity contribution in [2.75, 3.05) is 58.1 Å². The van der Waals surface area contributed by atoms with E-state index < -0.39 is 83.8 Å². The summed E-state index contributed by atoms with van der Waals surface area (Å²) in [6.07, 6.45) is 3.59. The normalized spacial score (nSPS) is 14.5. The van der Waals surface area contributed by atoms with Gasteiger partial charge in [-0.15, -0.1) is 22.7 Å². The van der Waals surface area contributed by atoms with E-state index in [1.54, 1.807) is 5.38 Å². The zero-order chi connectivity index (χ0) is 59.8. The minimum Gasteiger partial charge on any atom is -0.391 e. The number of halogens is 1. The number of nitrogen functional groups attached to an aromatic ring is 1. The van der Waals surface area contributed by atoms with Gasteiger partial charge in [0.2, 0.25) is 29.5 Å². The third kappa shape index (κ3) is 22.2. The standard InChI is InChI=1S/C50H80ClN19O9S2/c1-25(2)18-31(64-47(77)33(19-29-21-59-24-63-29)65-49(79)37-26(3)42(55)70-44(68-37)32(20-35(54)72)62-22-30(53)43(56)74)40(73)27(4)45(75)69-38(28(5)71)48(78)61-17-10-36-67-39(41(51)81-36)50-66-34(23-80-50)46(76)60-16-9-15-58-13-7-6-12-57-14-8-11-52/h21,23-25,27-28,30-33,38,40,57-58,62,71,73H,6-20,22,52-53H2,1-5H3,(H2,54,72)(H2,56,74)(H,59,63)(H,60,76)(H,61,78)(H,64,77)(H,65,79)(H,69,75)(H2,55,68,70)/t27-,28+,30-,31+,32-,33-,38-,40-/m0/s1. The number of rotatable bonds is 38. The first-order chi connectivity index (χ1) is 38.5. The lowest BCUT2D eigenvalue weighted by Gasteiger charge is -2.32. The summed E-state index contributed by atoms with van der Waals surface area (Å²) >= 11 is 8.96. The summed E-state index contributed by atoms with van der Waals surface area (Å²) in [6, 6.07) is -6.11. The molecule has 0 unspecified atom stereocenters. The van der Waals surface area contributed by atoms with Crippen molar-refractivity contribution in [1.82, 2.24) is 72.4 Å². The Bertz CT molecular complexity index is 2680. The Morgan fingerprint density at radius 3 is 2.14 bits per heavy atom. The molecule has 31 heteroatoms. The van der Waals surface area contributed by atoms with Crippen LogP contribution in [-0.4, -0.2) is 170 Å². The zero-order valence-corrected chi connectivity index (χ0v) is 48.7. The summed E-state index contributed by atoms with van der Waals surface area (Å²) in [4.78, 5) is 117. The van der Waals surface area contributed by atoms with Crippen LogP contribution in [0.15, 0.2) is 17.9 Å². The highest BCUT2D eigenvalue weighted by Gasteiger charge is 2.36. The van der Waals surface area contributed by atoms with Gasteiger partial charge in [0.05, 0.1) is 47.6 Å². The Labute approximate surface area is 483 Å². The van der Waals surface area contributed by atoms with E-state index in [1.165, 1.54) is 56.0 Å². The molecule has 7 amide bonds. The van der Waals surface area contributed by atoms with E-state index in [1.807, 2.05) is 13.8 Å². The van der Waals surface area contributed by atoms with Crippen LogP contribution in [0.4, 0.5) is 5.82 Å². The molecule has 0 bridgehead atoms. The Balaban J connectivity index is 1.35. The smallest absolute Gasteiger partial charge is 0.271 e. The number of aromatic amines is 1. The number of nitrogens with two attached hydrogens (primary N) is 5. The molecule has 4 rings (SSSR count). The number of carbonyl (C=O) groups excluding carboxylic acids is 7. The van der Waals surface area contributed by atoms with Crippen molar-refractivity contribution in [3.63, 3.8) is 0 Å². The fraction of sp³-hybridized carbons (Fsp3) is 0.600. The summed E-state index contributed by atoms with van der Waals surface area (Å²) < 4.78 is 0.340. The Morgan fingerprint density at radius 1 is 0.815 bits per heavy atom. The second kappa shape index (κ2) is 34.2. The number of nitrogens with zero attached hydrogens (tertiary/aromatic N) is 5. The maximum absolute atomic E-state index is 14.3. The van der Waals surface area contributed by atoms with Crippen LogP contribution < -0.4 is 71.2 Å². The third-order valence-electron chi connectivity index (χ3n) is 12.7. The number of aliphatic hydroxyl groups excluding tert-OH is 2. The molecule has 0 aromatic carbocycles. The number of unbranched alkanes of at least 4 members (excludes halogenated alkanes) is 1. The van der Waals surface area contributed by atoms with Gasteiger partial charge in [-0.05, 0) is 84.6 Å². The van der Waals surface area contributed by atoms with E-state index in [4.69, 9.17) is 40.3 Å². The SMILES string of the molecule is Cc1c(N)nc([C@H](CC(N)=O)NC[C@H](N)C(N)=O)nc1C(=O)N[C@@H](Cc1cnc[nH]1)C(=O)N[C@H](CC(C)C)[C@@H](O)[C@H](C)C(=O)N[C@H](C(=O)NCCc1nc(-c2nc(C(=O)NCCCNCCCCNCCCN)cs2)c(Cl)s1)[C@@H](C)O. The number of carbonyl (C=O) groups is 7. The molecule has 0 spiro atoms. The number of hydrogen-bond acceptors (Lipinski definition) is 22. The second-order valence-corrected chi connectivity index (χ2v) is 22.4. The van der Waals surface area contributed by atoms with E-state index in [9.17, 15) is 43.8 Å². The number of primary amides is 2. The summed E-state index contributed by atoms with van der Waals surface area (Å²) in [6.45, 7) is 12.4. The number of H-pyrrole nitrogens is 1. The Morgan fingerprint density at radius 2 is 1.51 bits per heavy atom. The fourth-order valence-corrected chi connectivity index (χ4v) is 10.1. The van der Waals surface area contributed by atoms with Gasteiger partial charge in [-0.2, -0.15) is 0 Å². The summed E-state index contributed by atoms with van der Waals surface area (Å²) in [5.74, 6) is -6.77. The fourth-order valence-electron chi connectivity index (χ4n) is 8.03. The largest absolute Gasteiger partial charge is 0.391 e. The van der Waals surface area contributed by atoms with E-state index in [2.05, 4.69) is 72.4 Å². The molecule has 81 heavy (non-hydrogen) atoms. The van der Waals surface area contributed by atoms with Crippen LogP contribution >= 0.6 is 34.3 Å². The maximum Gasteiger partial charge on any atom is 0.271 e. The molecule has 0 fully saturated rings. The van der Waals surface area contributed by atoms with Crippen molar-refractivity contribution in [2.45, 2.75) is 128 Å². The highest BCUT2D eigenvalue weighted by Crippen LogP contribution is 2.34. The van der Waals surface area contributed by atoms with Gasteiger partial charge in [0.25, 0.3) is 11.8 Å². The summed E-state index contributed by atoms with van der Waals surface area (Å²) in [5, 5.41) is 48.3. The maximum atomic E-state index is 14.3. The molecule has 21 N–H and O–H groups in total. The molecule has 4 aromatic rings. The number of amides is 7. The first-order valence-corrected chi connectivity index (χ1v) is 28.8. The first kappa shape index (κ1) is 67.2. The van der Waals surface area contributed by atoms with Crippen LogP contribution in [0.25, 0.3) is 10.7 Å². The van der Waals surface area contributed by atoms with Crippen molar-refractivity contribution in [1.29, 1.82) is 0 Å². The third-order valence-corrected chi connectivity index (χ3v) is 14.8. The van der Waals surface area contributed by atoms with Gasteiger partial charge in [0.15, 0.2) is 0 Å². The number of hydrogen-bond donors (Lipinski definition) is 16. The van der Waals surface area contributed by atoms with Crippen LogP contribution in [0.5, 0.6) is 0 Å². The van der Waals surface area contributed by atoms with Crippen molar-refractivity contribution >= 4 is 81.4 Å². The molecular weight excluding hydrogens is 1110 g/mol. The van der Waals surface area contributed by atoms with Gasteiger partial charge in [-0.3, -0.25) is 33.6 Å². The number of aliphatic hydroxyl groups is 2. The summed E-state index contributed by atoms with van der Waals surface area (Å²) in [5.41, 5.74) is 29.2. The predicted molar refractivity (Wildman–Crippen MR) is 307 cm³/mol. The molecule has 0 saturated carbocycles. The van der Waals surface area contributed by atoms with Crippen LogP contribution in [0.1, 0.15) is 115 Å². The van der Waals surface area contributed by atoms with Gasteiger partial charge in [0.1, 0.15) is 50.2 Å². The average Bonchev–Trinajstić information content (AvgIpc) is 4.21. The highest BCUT2D eigenvalue weighted by molar-refractivity contribution is 7.17. The van der Waals surface area contributed by atoms with Gasteiger partial charge in [-0.25, -0.2) is 24.9 Å². The number of imidazole rings is 1. The van der Waals surface area contributed by atoms with Crippen LogP contribution in [0.3, 0.4) is 0 Å². The Hall–Kier alpha value is -6.35. The molecule has 0 aliphatic heterocycles. The lowest BCUT2D eigenvalue weighted by atomic mass is 9.90. The molecule has 448 valence electrons. The first-order valence-electron chi connectivity index (χ1n) is 26.7. The molecule has 0 saturated heterocycles. The molecule has 4 heterocycles. The number of nitrogens with one attached hydrogen (secondary N) is 9. The molecule has 8 atom stereocenters. The van der Waals surface area contributed by atoms with Crippen LogP contribution in [-0.2, 0) is 36.8 Å². The van der Waals surface area contributed by atoms with Gasteiger partial charge >= 0.3 is 0 Å². The molecule has 0 aliphatic carbocycles. The number of aromatic nitrogens is 6. The highest BCUT2D eigenvalue weighted by atomic mass is 35.5. The summed E-state index contributed by atoms with van der Waals surface area (Å²) in [7, 11) is 0. The Kier molecular flexibility index (Phi) is 28.3. The lowest BCUT2D eigenvalue weighted by molar-refractivity contribution is -0.136. The number of anilines is 1. The minimum atomic E-state index is -1.55. The molecule has 28 nitrogen and oxygen atoms in total. The quantitative estimate of drug-likeness (QED) is 0.0219. The molecular formula is C50H80ClN19O9S2. The topological polar surface area (TPSA) is 467 Å². The molecule has 4 aromatic heterocycles. The molecule has 0 aliphatic rings. The van der Waals surface area contributed by atoms with Gasteiger partial charge in [-0.1, -0.05) is 32.4 Å². The van der Waals surface area contributed by atoms with Crippen LogP contribution in [0, 0.1) is 18.8 Å². The monoisotopic (exact) mass is 1190 g/mol. The number of thiazole rings is 2. The van der Waals surface area contributed by atoms with Crippen molar-refractivity contribution in [3.8, 4) is 10.7 Å². The van der Waals surface area contributed by atoms with E-state index in [0.29, 0.717) is 38.8 Å². The van der Waals surface area contributed by atoms with Crippen molar-refractivity contribution in [3.05, 3.63) is 55.7 Å².